The highest BCUT2D eigenvalue weighted by Crippen LogP contribution is 2.22. The molecule has 0 atom stereocenters. The molecule has 0 unspecified atom stereocenters. The lowest BCUT2D eigenvalue weighted by atomic mass is 9.48. The van der Waals surface area contributed by atoms with Crippen LogP contribution in [0.25, 0.3) is 22.3 Å². The number of rotatable bonds is 5. The fourth-order valence-electron chi connectivity index (χ4n) is 4.22. The van der Waals surface area contributed by atoms with Crippen LogP contribution in [0.5, 0.6) is 0 Å². The highest BCUT2D eigenvalue weighted by molar-refractivity contribution is 6.59. The molecule has 35 heavy (non-hydrogen) atoms. The molecule has 0 spiro atoms. The molecule has 5 heterocycles. The second-order valence-electron chi connectivity index (χ2n) is 9.74. The largest absolute Gasteiger partial charge is 0.354 e. The first-order valence-corrected chi connectivity index (χ1v) is 11.7. The van der Waals surface area contributed by atoms with Crippen molar-refractivity contribution in [3.8, 4) is 11.4 Å². The second kappa shape index (κ2) is 9.14. The molecular weight excluding hydrogens is 439 g/mol. The third-order valence-electron chi connectivity index (χ3n) is 6.24. The zero-order chi connectivity index (χ0) is 24.6. The second-order valence-corrected chi connectivity index (χ2v) is 9.74. The molecule has 1 N–H and O–H groups in total. The number of aryl methyl sites for hydroxylation is 1. The van der Waals surface area contributed by atoms with Crippen LogP contribution in [-0.2, 0) is 7.05 Å². The number of nitrogens with one attached hydrogen (secondary N) is 1. The minimum absolute atomic E-state index is 0.151. The molecule has 1 amide bonds. The van der Waals surface area contributed by atoms with Crippen LogP contribution in [0.4, 0.5) is 11.6 Å². The monoisotopic (exact) mass is 465 g/mol. The molecule has 10 nitrogen and oxygen atoms in total. The van der Waals surface area contributed by atoms with E-state index in [1.54, 1.807) is 29.2 Å². The Morgan fingerprint density at radius 3 is 2.54 bits per heavy atom. The predicted molar refractivity (Wildman–Crippen MR) is 144 cm³/mol. The van der Waals surface area contributed by atoms with Gasteiger partial charge in [-0.25, -0.2) is 15.0 Å². The molecule has 5 rings (SSSR count). The summed E-state index contributed by atoms with van der Waals surface area (Å²) in [5.74, 6) is 1.01. The van der Waals surface area contributed by atoms with Gasteiger partial charge in [-0.3, -0.25) is 9.48 Å². The zero-order valence-electron chi connectivity index (χ0n) is 20.4. The third-order valence-corrected chi connectivity index (χ3v) is 6.24. The number of carbonyl (C=O) groups excluding carboxylic acids is 1. The van der Waals surface area contributed by atoms with Gasteiger partial charge in [-0.1, -0.05) is 10.5 Å². The number of pyridine rings is 3. The van der Waals surface area contributed by atoms with E-state index in [9.17, 15) is 4.79 Å². The topological polar surface area (TPSA) is 105 Å². The summed E-state index contributed by atoms with van der Waals surface area (Å²) in [4.78, 5) is 31.3. The van der Waals surface area contributed by atoms with Crippen molar-refractivity contribution in [1.82, 2.24) is 34.8 Å². The number of hydrogen-bond donors (Lipinski definition) is 1. The number of nitrogens with zero attached hydrogens (tertiary/aromatic N) is 8. The van der Waals surface area contributed by atoms with E-state index in [0.717, 1.165) is 37.4 Å². The van der Waals surface area contributed by atoms with Gasteiger partial charge in [-0.05, 0) is 24.3 Å². The van der Waals surface area contributed by atoms with Crippen LogP contribution in [-0.4, -0.2) is 95.7 Å². The molecule has 174 valence electrons. The molecule has 4 aromatic rings. The Balaban J connectivity index is 1.31. The maximum Gasteiger partial charge on any atom is 0.257 e. The van der Waals surface area contributed by atoms with Gasteiger partial charge in [-0.2, -0.15) is 0 Å². The third kappa shape index (κ3) is 5.04. The van der Waals surface area contributed by atoms with Crippen LogP contribution in [0.15, 0.2) is 48.9 Å². The van der Waals surface area contributed by atoms with Gasteiger partial charge in [0, 0.05) is 62.6 Å². The Bertz CT molecular complexity index is 1380. The zero-order valence-corrected chi connectivity index (χ0v) is 20.4. The van der Waals surface area contributed by atoms with Gasteiger partial charge < -0.3 is 15.1 Å². The number of carbonyl (C=O) groups is 1. The van der Waals surface area contributed by atoms with Crippen LogP contribution in [0.3, 0.4) is 0 Å². The lowest BCUT2D eigenvalue weighted by molar-refractivity contribution is 0.102. The van der Waals surface area contributed by atoms with Crippen molar-refractivity contribution in [3.63, 3.8) is 0 Å². The normalized spacial score (nSPS) is 14.8. The van der Waals surface area contributed by atoms with Gasteiger partial charge in [0.15, 0.2) is 0 Å². The molecule has 0 aromatic carbocycles. The molecule has 13 heteroatoms. The summed E-state index contributed by atoms with van der Waals surface area (Å²) in [6, 6.07) is 9.13. The molecule has 1 saturated heterocycles. The number of hydrogen-bond acceptors (Lipinski definition) is 8. The van der Waals surface area contributed by atoms with Gasteiger partial charge in [-0.15, -0.1) is 5.10 Å². The number of piperazine rings is 1. The van der Waals surface area contributed by atoms with Crippen molar-refractivity contribution in [1.29, 1.82) is 0 Å². The molecular formula is C22H26B3N9O. The van der Waals surface area contributed by atoms with Crippen molar-refractivity contribution in [2.24, 2.45) is 7.05 Å². The van der Waals surface area contributed by atoms with Crippen molar-refractivity contribution < 1.29 is 4.79 Å². The van der Waals surface area contributed by atoms with Crippen molar-refractivity contribution >= 4 is 52.0 Å². The van der Waals surface area contributed by atoms with E-state index < -0.39 is 0 Å². The molecule has 1 fully saturated rings. The first-order chi connectivity index (χ1) is 16.8. The Labute approximate surface area is 206 Å². The lowest BCUT2D eigenvalue weighted by Gasteiger charge is -2.43. The molecule has 0 saturated carbocycles. The number of aromatic nitrogens is 6. The van der Waals surface area contributed by atoms with E-state index in [-0.39, 0.29) is 11.1 Å². The number of anilines is 2. The van der Waals surface area contributed by atoms with Crippen molar-refractivity contribution in [2.45, 2.75) is 5.24 Å². The van der Waals surface area contributed by atoms with Crippen LogP contribution >= 0.6 is 0 Å². The van der Waals surface area contributed by atoms with Crippen LogP contribution < -0.4 is 10.2 Å². The van der Waals surface area contributed by atoms with E-state index in [1.165, 1.54) is 0 Å². The predicted octanol–water partition coefficient (Wildman–Crippen LogP) is -1.29. The van der Waals surface area contributed by atoms with Crippen LogP contribution in [0, 0.1) is 0 Å². The van der Waals surface area contributed by atoms with E-state index in [2.05, 4.69) is 63.9 Å². The lowest BCUT2D eigenvalue weighted by Crippen LogP contribution is -2.58. The molecule has 0 radical (unpaired) electrons. The minimum atomic E-state index is -0.237. The highest BCUT2D eigenvalue weighted by atomic mass is 16.1. The summed E-state index contributed by atoms with van der Waals surface area (Å²) in [5.41, 5.74) is 2.64. The maximum absolute atomic E-state index is 13.0. The van der Waals surface area contributed by atoms with E-state index in [4.69, 9.17) is 0 Å². The fourth-order valence-corrected chi connectivity index (χ4v) is 4.22. The molecule has 1 aliphatic rings. The molecule has 1 aliphatic heterocycles. The highest BCUT2D eigenvalue weighted by Gasteiger charge is 2.26. The van der Waals surface area contributed by atoms with Gasteiger partial charge >= 0.3 is 0 Å². The Hall–Kier alpha value is -3.73. The summed E-state index contributed by atoms with van der Waals surface area (Å²) in [6.45, 7) is 3.68. The quantitative estimate of drug-likeness (QED) is 0.364. The van der Waals surface area contributed by atoms with E-state index in [0.29, 0.717) is 28.3 Å². The minimum Gasteiger partial charge on any atom is -0.354 e. The summed E-state index contributed by atoms with van der Waals surface area (Å²) >= 11 is 0. The Kier molecular flexibility index (Phi) is 6.02. The van der Waals surface area contributed by atoms with Crippen LogP contribution in [0.1, 0.15) is 10.4 Å². The summed E-state index contributed by atoms with van der Waals surface area (Å²) in [6.07, 6.45) is 5.19. The fraction of sp³-hybridized carbons (Fsp3) is 0.273. The number of amides is 1. The first-order valence-electron chi connectivity index (χ1n) is 11.7. The molecule has 0 aliphatic carbocycles. The van der Waals surface area contributed by atoms with Crippen LogP contribution in [0.2, 0.25) is 0 Å². The smallest absolute Gasteiger partial charge is 0.257 e. The Morgan fingerprint density at radius 1 is 1.03 bits per heavy atom. The molecule has 4 aromatic heterocycles. The van der Waals surface area contributed by atoms with Gasteiger partial charge in [0.2, 0.25) is 0 Å². The number of fused-ring (bicyclic) bond motifs is 1. The SMILES string of the molecule is BC(B)(B)N1CCN(c2cc(C(=O)Nc3cc4nc(-c5cn(C)nn5)ccc4cn3)ccn2)CC1. The Morgan fingerprint density at radius 2 is 1.83 bits per heavy atom. The van der Waals surface area contributed by atoms with Crippen molar-refractivity contribution in [3.05, 3.63) is 54.5 Å². The standard InChI is InChI=1S/C22H26B3N9O/c1-32-13-18(30-31-32)16-3-2-15-12-27-19(11-17(15)28-16)29-21(35)14-4-5-26-20(10-14)33-6-8-34(9-7-33)22(23,24)25/h2-5,10-13H,6-9,23-25H2,1H3,(H,27,29,35). The van der Waals surface area contributed by atoms with Gasteiger partial charge in [0.25, 0.3) is 5.91 Å². The van der Waals surface area contributed by atoms with Crippen molar-refractivity contribution in [2.75, 3.05) is 36.4 Å². The van der Waals surface area contributed by atoms with Gasteiger partial charge in [0.1, 0.15) is 40.9 Å². The van der Waals surface area contributed by atoms with Gasteiger partial charge in [0.05, 0.1) is 17.4 Å². The first kappa shape index (κ1) is 23.0. The summed E-state index contributed by atoms with van der Waals surface area (Å²) < 4.78 is 1.63. The molecule has 0 bridgehead atoms. The summed E-state index contributed by atoms with van der Waals surface area (Å²) in [7, 11) is 8.52. The summed E-state index contributed by atoms with van der Waals surface area (Å²) in [5, 5.41) is 12.0. The average Bonchev–Trinajstić information content (AvgIpc) is 3.29. The van der Waals surface area contributed by atoms with E-state index >= 15 is 0 Å². The average molecular weight is 465 g/mol. The van der Waals surface area contributed by atoms with E-state index in [1.807, 2.05) is 31.4 Å². The maximum atomic E-state index is 13.0.